The first-order valence-corrected chi connectivity index (χ1v) is 7.84. The highest BCUT2D eigenvalue weighted by atomic mass is 16.4. The van der Waals surface area contributed by atoms with Crippen molar-refractivity contribution in [2.24, 2.45) is 0 Å². The van der Waals surface area contributed by atoms with Gasteiger partial charge >= 0.3 is 0 Å². The van der Waals surface area contributed by atoms with Crippen LogP contribution in [0.5, 0.6) is 0 Å². The Morgan fingerprint density at radius 3 is 2.62 bits per heavy atom. The second-order valence-corrected chi connectivity index (χ2v) is 5.83. The van der Waals surface area contributed by atoms with Crippen molar-refractivity contribution in [2.75, 3.05) is 6.54 Å². The number of fused-ring (bicyclic) bond motifs is 1. The van der Waals surface area contributed by atoms with Crippen molar-refractivity contribution in [3.63, 3.8) is 0 Å². The van der Waals surface area contributed by atoms with Crippen LogP contribution in [0.2, 0.25) is 0 Å². The number of hydrogen-bond donors (Lipinski definition) is 0. The molecule has 0 bridgehead atoms. The molecule has 0 spiro atoms. The van der Waals surface area contributed by atoms with Gasteiger partial charge in [-0.25, -0.2) is 4.98 Å². The van der Waals surface area contributed by atoms with Crippen molar-refractivity contribution in [1.82, 2.24) is 24.6 Å². The Bertz CT molecular complexity index is 897. The first-order valence-electron chi connectivity index (χ1n) is 7.84. The predicted molar refractivity (Wildman–Crippen MR) is 86.2 cm³/mol. The summed E-state index contributed by atoms with van der Waals surface area (Å²) < 4.78 is 7.51. The Labute approximate surface area is 138 Å². The van der Waals surface area contributed by atoms with Gasteiger partial charge in [-0.05, 0) is 6.92 Å². The molecule has 0 saturated carbocycles. The minimum absolute atomic E-state index is 0.149. The number of aromatic nitrogens is 4. The van der Waals surface area contributed by atoms with Crippen molar-refractivity contribution in [1.29, 1.82) is 0 Å². The average molecular weight is 323 g/mol. The van der Waals surface area contributed by atoms with Gasteiger partial charge in [-0.2, -0.15) is 0 Å². The molecule has 2 aromatic heterocycles. The molecule has 7 heteroatoms. The minimum Gasteiger partial charge on any atom is -0.436 e. The van der Waals surface area contributed by atoms with Crippen LogP contribution in [0.15, 0.2) is 34.7 Å². The number of amides is 1. The highest BCUT2D eigenvalue weighted by molar-refractivity contribution is 5.92. The first kappa shape index (κ1) is 14.6. The van der Waals surface area contributed by atoms with E-state index >= 15 is 0 Å². The molecule has 4 rings (SSSR count). The molecular formula is C17H17N5O2. The molecule has 1 aliphatic heterocycles. The van der Waals surface area contributed by atoms with Gasteiger partial charge in [0.25, 0.3) is 5.91 Å². The van der Waals surface area contributed by atoms with Crippen LogP contribution in [-0.4, -0.2) is 37.1 Å². The third kappa shape index (κ3) is 2.38. The maximum absolute atomic E-state index is 12.7. The van der Waals surface area contributed by atoms with E-state index in [-0.39, 0.29) is 5.91 Å². The maximum atomic E-state index is 12.7. The van der Waals surface area contributed by atoms with Gasteiger partial charge in [0.2, 0.25) is 5.76 Å². The van der Waals surface area contributed by atoms with Crippen LogP contribution < -0.4 is 0 Å². The van der Waals surface area contributed by atoms with E-state index in [1.165, 1.54) is 0 Å². The molecule has 0 saturated heterocycles. The normalized spacial score (nSPS) is 13.8. The molecule has 7 nitrogen and oxygen atoms in total. The van der Waals surface area contributed by atoms with E-state index in [0.717, 1.165) is 17.2 Å². The lowest BCUT2D eigenvalue weighted by atomic mass is 10.2. The second-order valence-electron chi connectivity index (χ2n) is 5.83. The van der Waals surface area contributed by atoms with Crippen LogP contribution in [0.1, 0.15) is 28.0 Å². The van der Waals surface area contributed by atoms with Crippen LogP contribution in [-0.2, 0) is 13.1 Å². The molecule has 24 heavy (non-hydrogen) atoms. The van der Waals surface area contributed by atoms with Crippen molar-refractivity contribution in [3.8, 4) is 11.4 Å². The van der Waals surface area contributed by atoms with Gasteiger partial charge in [0, 0.05) is 25.6 Å². The summed E-state index contributed by atoms with van der Waals surface area (Å²) in [6.45, 7) is 5.18. The minimum atomic E-state index is -0.149. The molecule has 1 aromatic carbocycles. The zero-order chi connectivity index (χ0) is 16.7. The summed E-state index contributed by atoms with van der Waals surface area (Å²) in [6, 6.07) is 9.94. The Balaban J connectivity index is 1.60. The van der Waals surface area contributed by atoms with Gasteiger partial charge in [-0.15, -0.1) is 10.2 Å². The van der Waals surface area contributed by atoms with Crippen molar-refractivity contribution < 1.29 is 9.21 Å². The number of carbonyl (C=O) groups is 1. The number of rotatable bonds is 2. The topological polar surface area (TPSA) is 77.1 Å². The lowest BCUT2D eigenvalue weighted by molar-refractivity contribution is 0.0673. The molecule has 0 atom stereocenters. The summed E-state index contributed by atoms with van der Waals surface area (Å²) in [5, 5.41) is 8.56. The fourth-order valence-corrected chi connectivity index (χ4v) is 3.01. The van der Waals surface area contributed by atoms with E-state index in [2.05, 4.69) is 19.7 Å². The van der Waals surface area contributed by atoms with E-state index in [4.69, 9.17) is 4.42 Å². The molecule has 0 radical (unpaired) electrons. The monoisotopic (exact) mass is 323 g/mol. The van der Waals surface area contributed by atoms with Crippen LogP contribution in [0.3, 0.4) is 0 Å². The summed E-state index contributed by atoms with van der Waals surface area (Å²) in [5.41, 5.74) is 1.65. The van der Waals surface area contributed by atoms with Gasteiger partial charge in [0.1, 0.15) is 0 Å². The van der Waals surface area contributed by atoms with Crippen molar-refractivity contribution in [2.45, 2.75) is 26.9 Å². The lowest BCUT2D eigenvalue weighted by Gasteiger charge is -2.27. The first-order chi connectivity index (χ1) is 11.6. The van der Waals surface area contributed by atoms with Crippen molar-refractivity contribution >= 4 is 5.91 Å². The van der Waals surface area contributed by atoms with E-state index in [9.17, 15) is 4.79 Å². The molecule has 122 valence electrons. The second kappa shape index (κ2) is 5.59. The number of carbonyl (C=O) groups excluding carboxylic acids is 1. The van der Waals surface area contributed by atoms with E-state index in [0.29, 0.717) is 37.0 Å². The van der Waals surface area contributed by atoms with E-state index in [1.807, 2.05) is 30.3 Å². The highest BCUT2D eigenvalue weighted by Gasteiger charge is 2.28. The Morgan fingerprint density at radius 2 is 1.92 bits per heavy atom. The number of oxazole rings is 1. The predicted octanol–water partition coefficient (Wildman–Crippen LogP) is 2.21. The van der Waals surface area contributed by atoms with Crippen LogP contribution in [0.4, 0.5) is 0 Å². The van der Waals surface area contributed by atoms with Gasteiger partial charge in [-0.3, -0.25) is 4.79 Å². The smallest absolute Gasteiger partial charge is 0.292 e. The summed E-state index contributed by atoms with van der Waals surface area (Å²) in [7, 11) is 0. The summed E-state index contributed by atoms with van der Waals surface area (Å²) in [5.74, 6) is 2.28. The molecule has 0 unspecified atom stereocenters. The molecule has 0 fully saturated rings. The fourth-order valence-electron chi connectivity index (χ4n) is 3.01. The standard InChI is InChI=1S/C17H17N5O2/c1-11-15(24-12(2)18-11)17(23)21-8-9-22-14(10-21)19-20-16(22)13-6-4-3-5-7-13/h3-7H,8-10H2,1-2H3. The Hall–Kier alpha value is -2.96. The quantitative estimate of drug-likeness (QED) is 0.722. The molecule has 1 aliphatic rings. The van der Waals surface area contributed by atoms with E-state index in [1.54, 1.807) is 18.7 Å². The van der Waals surface area contributed by atoms with Gasteiger partial charge in [0.05, 0.1) is 12.2 Å². The molecule has 0 N–H and O–H groups in total. The largest absolute Gasteiger partial charge is 0.436 e. The summed E-state index contributed by atoms with van der Waals surface area (Å²) in [4.78, 5) is 18.6. The van der Waals surface area contributed by atoms with Crippen molar-refractivity contribution in [3.05, 3.63) is 53.5 Å². The molecule has 3 aromatic rings. The third-order valence-corrected chi connectivity index (χ3v) is 4.17. The van der Waals surface area contributed by atoms with Gasteiger partial charge < -0.3 is 13.9 Å². The maximum Gasteiger partial charge on any atom is 0.292 e. The number of benzene rings is 1. The molecule has 3 heterocycles. The lowest BCUT2D eigenvalue weighted by Crippen LogP contribution is -2.38. The molecule has 0 aliphatic carbocycles. The SMILES string of the molecule is Cc1nc(C)c(C(=O)N2CCn3c(nnc3-c3ccccc3)C2)o1. The average Bonchev–Trinajstić information content (AvgIpc) is 3.17. The van der Waals surface area contributed by atoms with E-state index < -0.39 is 0 Å². The van der Waals surface area contributed by atoms with Gasteiger partial charge in [0.15, 0.2) is 17.5 Å². The summed E-state index contributed by atoms with van der Waals surface area (Å²) >= 11 is 0. The third-order valence-electron chi connectivity index (χ3n) is 4.17. The van der Waals surface area contributed by atoms with Crippen LogP contribution in [0.25, 0.3) is 11.4 Å². The molecular weight excluding hydrogens is 306 g/mol. The zero-order valence-electron chi connectivity index (χ0n) is 13.6. The molecule has 1 amide bonds. The van der Waals surface area contributed by atoms with Gasteiger partial charge in [-0.1, -0.05) is 30.3 Å². The van der Waals surface area contributed by atoms with Crippen LogP contribution >= 0.6 is 0 Å². The number of nitrogens with zero attached hydrogens (tertiary/aromatic N) is 5. The Kier molecular flexibility index (Phi) is 3.41. The number of aryl methyl sites for hydroxylation is 2. The van der Waals surface area contributed by atoms with Crippen LogP contribution in [0, 0.1) is 13.8 Å². The zero-order valence-corrected chi connectivity index (χ0v) is 13.6. The highest BCUT2D eigenvalue weighted by Crippen LogP contribution is 2.23. The summed E-state index contributed by atoms with van der Waals surface area (Å²) in [6.07, 6.45) is 0. The fraction of sp³-hybridized carbons (Fsp3) is 0.294. The number of hydrogen-bond acceptors (Lipinski definition) is 5. The Morgan fingerprint density at radius 1 is 1.12 bits per heavy atom.